The van der Waals surface area contributed by atoms with Gasteiger partial charge in [-0.25, -0.2) is 0 Å². The molecule has 0 aliphatic heterocycles. The Kier molecular flexibility index (Phi) is 3.87. The Hall–Kier alpha value is -1.55. The molecule has 0 amide bonds. The van der Waals surface area contributed by atoms with Crippen LogP contribution in [0.5, 0.6) is 0 Å². The van der Waals surface area contributed by atoms with Gasteiger partial charge >= 0.3 is 0 Å². The van der Waals surface area contributed by atoms with Crippen LogP contribution in [0, 0.1) is 0 Å². The molecule has 0 saturated heterocycles. The van der Waals surface area contributed by atoms with Crippen LogP contribution < -0.4 is 11.5 Å². The normalized spacial score (nSPS) is 12.4. The van der Waals surface area contributed by atoms with Gasteiger partial charge in [0, 0.05) is 17.3 Å². The molecular weight excluding hydrogens is 248 g/mol. The van der Waals surface area contributed by atoms with E-state index in [0.29, 0.717) is 10.7 Å². The molecule has 18 heavy (non-hydrogen) atoms. The maximum atomic E-state index is 9.93. The molecule has 0 spiro atoms. The second kappa shape index (κ2) is 5.40. The first-order chi connectivity index (χ1) is 8.61. The van der Waals surface area contributed by atoms with E-state index >= 15 is 0 Å². The van der Waals surface area contributed by atoms with Gasteiger partial charge in [0.05, 0.1) is 6.10 Å². The molecule has 0 aliphatic rings. The van der Waals surface area contributed by atoms with Crippen molar-refractivity contribution in [3.05, 3.63) is 53.1 Å². The topological polar surface area (TPSA) is 72.3 Å². The molecule has 1 unspecified atom stereocenters. The zero-order chi connectivity index (χ0) is 13.1. The number of aliphatic hydroxyl groups excluding tert-OH is 1. The summed E-state index contributed by atoms with van der Waals surface area (Å²) < 4.78 is 0. The van der Waals surface area contributed by atoms with Crippen LogP contribution in [-0.4, -0.2) is 11.7 Å². The van der Waals surface area contributed by atoms with Crippen molar-refractivity contribution in [2.75, 3.05) is 12.3 Å². The molecule has 0 aromatic heterocycles. The molecule has 2 rings (SSSR count). The SMILES string of the molecule is NCC(O)c1ccc(N)cc1-c1ccc(Cl)cc1. The molecule has 0 fully saturated rings. The molecule has 94 valence electrons. The van der Waals surface area contributed by atoms with Crippen LogP contribution >= 0.6 is 11.6 Å². The molecule has 4 heteroatoms. The third-order valence-electron chi connectivity index (χ3n) is 2.81. The molecule has 0 saturated carbocycles. The highest BCUT2D eigenvalue weighted by molar-refractivity contribution is 6.30. The number of rotatable bonds is 3. The minimum Gasteiger partial charge on any atom is -0.399 e. The van der Waals surface area contributed by atoms with Crippen molar-refractivity contribution in [3.63, 3.8) is 0 Å². The van der Waals surface area contributed by atoms with Crippen molar-refractivity contribution in [2.24, 2.45) is 5.73 Å². The summed E-state index contributed by atoms with van der Waals surface area (Å²) in [6.07, 6.45) is -0.698. The fraction of sp³-hybridized carbons (Fsp3) is 0.143. The lowest BCUT2D eigenvalue weighted by Crippen LogP contribution is -2.12. The molecule has 0 bridgehead atoms. The van der Waals surface area contributed by atoms with Gasteiger partial charge in [-0.05, 0) is 41.0 Å². The Morgan fingerprint density at radius 3 is 2.39 bits per heavy atom. The third kappa shape index (κ3) is 2.64. The van der Waals surface area contributed by atoms with Gasteiger partial charge in [0.1, 0.15) is 0 Å². The summed E-state index contributed by atoms with van der Waals surface area (Å²) in [5, 5.41) is 10.6. The van der Waals surface area contributed by atoms with E-state index in [-0.39, 0.29) is 6.54 Å². The van der Waals surface area contributed by atoms with Gasteiger partial charge in [0.25, 0.3) is 0 Å². The van der Waals surface area contributed by atoms with Crippen LogP contribution in [0.4, 0.5) is 5.69 Å². The maximum absolute atomic E-state index is 9.93. The number of benzene rings is 2. The quantitative estimate of drug-likeness (QED) is 0.745. The van der Waals surface area contributed by atoms with Crippen molar-refractivity contribution in [1.29, 1.82) is 0 Å². The first kappa shape index (κ1) is 12.9. The van der Waals surface area contributed by atoms with Crippen LogP contribution in [0.25, 0.3) is 11.1 Å². The maximum Gasteiger partial charge on any atom is 0.0918 e. The first-order valence-electron chi connectivity index (χ1n) is 5.65. The number of halogens is 1. The van der Waals surface area contributed by atoms with E-state index in [1.165, 1.54) is 0 Å². The lowest BCUT2D eigenvalue weighted by Gasteiger charge is -2.15. The average molecular weight is 263 g/mol. The minimum atomic E-state index is -0.698. The highest BCUT2D eigenvalue weighted by atomic mass is 35.5. The van der Waals surface area contributed by atoms with Crippen LogP contribution in [0.3, 0.4) is 0 Å². The highest BCUT2D eigenvalue weighted by Gasteiger charge is 2.12. The van der Waals surface area contributed by atoms with Crippen molar-refractivity contribution < 1.29 is 5.11 Å². The van der Waals surface area contributed by atoms with E-state index in [4.69, 9.17) is 23.1 Å². The Morgan fingerprint density at radius 2 is 1.78 bits per heavy atom. The fourth-order valence-electron chi connectivity index (χ4n) is 1.87. The van der Waals surface area contributed by atoms with E-state index in [1.807, 2.05) is 18.2 Å². The van der Waals surface area contributed by atoms with Crippen LogP contribution in [0.15, 0.2) is 42.5 Å². The highest BCUT2D eigenvalue weighted by Crippen LogP contribution is 2.30. The smallest absolute Gasteiger partial charge is 0.0918 e. The van der Waals surface area contributed by atoms with Gasteiger partial charge in [0.15, 0.2) is 0 Å². The molecule has 3 nitrogen and oxygen atoms in total. The standard InChI is InChI=1S/C14H15ClN2O/c15-10-3-1-9(2-4-10)13-7-11(17)5-6-12(13)14(18)8-16/h1-7,14,18H,8,16-17H2. The van der Waals surface area contributed by atoms with Crippen molar-refractivity contribution in [2.45, 2.75) is 6.10 Å². The van der Waals surface area contributed by atoms with Crippen molar-refractivity contribution in [1.82, 2.24) is 0 Å². The van der Waals surface area contributed by atoms with E-state index in [2.05, 4.69) is 0 Å². The molecule has 0 heterocycles. The molecule has 5 N–H and O–H groups in total. The number of anilines is 1. The number of nitrogen functional groups attached to an aromatic ring is 1. The summed E-state index contributed by atoms with van der Waals surface area (Å²) in [4.78, 5) is 0. The van der Waals surface area contributed by atoms with Crippen molar-refractivity contribution in [3.8, 4) is 11.1 Å². The zero-order valence-corrected chi connectivity index (χ0v) is 10.6. The largest absolute Gasteiger partial charge is 0.399 e. The molecule has 2 aromatic rings. The molecule has 2 aromatic carbocycles. The number of hydrogen-bond donors (Lipinski definition) is 3. The summed E-state index contributed by atoms with van der Waals surface area (Å²) in [5.41, 5.74) is 14.6. The van der Waals surface area contributed by atoms with Gasteiger partial charge in [-0.1, -0.05) is 29.8 Å². The molecule has 0 aliphatic carbocycles. The third-order valence-corrected chi connectivity index (χ3v) is 3.07. The van der Waals surface area contributed by atoms with Gasteiger partial charge in [-0.15, -0.1) is 0 Å². The lowest BCUT2D eigenvalue weighted by molar-refractivity contribution is 0.187. The predicted octanol–water partition coefficient (Wildman–Crippen LogP) is 2.58. The van der Waals surface area contributed by atoms with E-state index in [9.17, 15) is 5.11 Å². The summed E-state index contributed by atoms with van der Waals surface area (Å²) in [6, 6.07) is 12.8. The van der Waals surface area contributed by atoms with Crippen molar-refractivity contribution >= 4 is 17.3 Å². The Labute approximate surface area is 111 Å². The summed E-state index contributed by atoms with van der Waals surface area (Å²) in [6.45, 7) is 0.171. The summed E-state index contributed by atoms with van der Waals surface area (Å²) in [5.74, 6) is 0. The predicted molar refractivity (Wildman–Crippen MR) is 75.3 cm³/mol. The summed E-state index contributed by atoms with van der Waals surface area (Å²) >= 11 is 5.87. The number of nitrogens with two attached hydrogens (primary N) is 2. The second-order valence-corrected chi connectivity index (χ2v) is 4.54. The molecule has 1 atom stereocenters. The Bertz CT molecular complexity index is 540. The van der Waals surface area contributed by atoms with Crippen LogP contribution in [0.2, 0.25) is 5.02 Å². The Balaban J connectivity index is 2.54. The minimum absolute atomic E-state index is 0.171. The monoisotopic (exact) mass is 262 g/mol. The molecular formula is C14H15ClN2O. The van der Waals surface area contributed by atoms with Crippen LogP contribution in [-0.2, 0) is 0 Å². The van der Waals surface area contributed by atoms with E-state index in [0.717, 1.165) is 16.7 Å². The van der Waals surface area contributed by atoms with Gasteiger partial charge in [0.2, 0.25) is 0 Å². The second-order valence-electron chi connectivity index (χ2n) is 4.11. The van der Waals surface area contributed by atoms with Crippen LogP contribution in [0.1, 0.15) is 11.7 Å². The number of hydrogen-bond acceptors (Lipinski definition) is 3. The number of aliphatic hydroxyl groups is 1. The van der Waals surface area contributed by atoms with E-state index in [1.54, 1.807) is 24.3 Å². The van der Waals surface area contributed by atoms with E-state index < -0.39 is 6.10 Å². The first-order valence-corrected chi connectivity index (χ1v) is 6.03. The lowest BCUT2D eigenvalue weighted by atomic mass is 9.95. The van der Waals surface area contributed by atoms with Gasteiger partial charge < -0.3 is 16.6 Å². The fourth-order valence-corrected chi connectivity index (χ4v) is 2.00. The zero-order valence-electron chi connectivity index (χ0n) is 9.81. The summed E-state index contributed by atoms with van der Waals surface area (Å²) in [7, 11) is 0. The Morgan fingerprint density at radius 1 is 1.11 bits per heavy atom. The van der Waals surface area contributed by atoms with Gasteiger partial charge in [-0.3, -0.25) is 0 Å². The average Bonchev–Trinajstić information content (AvgIpc) is 2.38. The molecule has 0 radical (unpaired) electrons. The van der Waals surface area contributed by atoms with Gasteiger partial charge in [-0.2, -0.15) is 0 Å².